The van der Waals surface area contributed by atoms with Gasteiger partial charge in [0.05, 0.1) is 0 Å². The molecule has 0 fully saturated rings. The van der Waals surface area contributed by atoms with E-state index in [0.717, 1.165) is 43.7 Å². The van der Waals surface area contributed by atoms with Crippen LogP contribution in [0.15, 0.2) is 18.2 Å². The largest absolute Gasteiger partial charge is 0.486 e. The van der Waals surface area contributed by atoms with Gasteiger partial charge < -0.3 is 14.8 Å². The van der Waals surface area contributed by atoms with Crippen molar-refractivity contribution in [2.24, 2.45) is 0 Å². The van der Waals surface area contributed by atoms with Crippen molar-refractivity contribution >= 4 is 0 Å². The lowest BCUT2D eigenvalue weighted by atomic mass is 10.00. The van der Waals surface area contributed by atoms with Gasteiger partial charge >= 0.3 is 0 Å². The van der Waals surface area contributed by atoms with Crippen molar-refractivity contribution in [3.05, 3.63) is 23.8 Å². The quantitative estimate of drug-likeness (QED) is 0.611. The van der Waals surface area contributed by atoms with Crippen LogP contribution in [0.1, 0.15) is 44.2 Å². The van der Waals surface area contributed by atoms with Crippen LogP contribution < -0.4 is 14.8 Å². The fourth-order valence-corrected chi connectivity index (χ4v) is 2.39. The minimum Gasteiger partial charge on any atom is -0.486 e. The van der Waals surface area contributed by atoms with Crippen LogP contribution in [0.2, 0.25) is 0 Å². The highest BCUT2D eigenvalue weighted by Gasteiger charge is 2.16. The summed E-state index contributed by atoms with van der Waals surface area (Å²) in [5.41, 5.74) is 1.25. The summed E-state index contributed by atoms with van der Waals surface area (Å²) in [7, 11) is 0. The van der Waals surface area contributed by atoms with E-state index in [2.05, 4.69) is 30.3 Å². The molecule has 2 rings (SSSR count). The van der Waals surface area contributed by atoms with E-state index in [1.807, 2.05) is 6.07 Å². The molecule has 1 unspecified atom stereocenters. The van der Waals surface area contributed by atoms with Crippen molar-refractivity contribution in [1.29, 1.82) is 0 Å². The van der Waals surface area contributed by atoms with Crippen LogP contribution in [0.25, 0.3) is 0 Å². The number of ether oxygens (including phenoxy) is 2. The zero-order valence-corrected chi connectivity index (χ0v) is 12.2. The van der Waals surface area contributed by atoms with Gasteiger partial charge in [0.2, 0.25) is 0 Å². The molecule has 1 aromatic carbocycles. The van der Waals surface area contributed by atoms with Crippen LogP contribution in [0.3, 0.4) is 0 Å². The highest BCUT2D eigenvalue weighted by molar-refractivity contribution is 5.44. The number of rotatable bonds is 7. The monoisotopic (exact) mass is 273 g/mol. The van der Waals surface area contributed by atoms with Crippen molar-refractivity contribution in [3.63, 3.8) is 0 Å². The molecule has 0 aromatic heterocycles. The van der Waals surface area contributed by atoms with E-state index in [1.54, 1.807) is 0 Å². The number of fused-ring (bicyclic) bond motifs is 1. The topological polar surface area (TPSA) is 30.5 Å². The fourth-order valence-electron chi connectivity index (χ4n) is 2.39. The van der Waals surface area contributed by atoms with Crippen LogP contribution in [0.5, 0.6) is 11.5 Å². The summed E-state index contributed by atoms with van der Waals surface area (Å²) in [6.07, 6.45) is 9.37. The average Bonchev–Trinajstić information content (AvgIpc) is 2.50. The molecule has 0 bridgehead atoms. The van der Waals surface area contributed by atoms with Gasteiger partial charge in [-0.2, -0.15) is 0 Å². The highest BCUT2D eigenvalue weighted by atomic mass is 16.6. The first-order chi connectivity index (χ1) is 9.85. The number of nitrogens with one attached hydrogen (secondary N) is 1. The minimum absolute atomic E-state index is 0.333. The molecule has 1 aromatic rings. The molecule has 3 heteroatoms. The molecule has 1 aliphatic rings. The molecule has 3 nitrogen and oxygen atoms in total. The van der Waals surface area contributed by atoms with Gasteiger partial charge in [-0.15, -0.1) is 12.3 Å². The van der Waals surface area contributed by atoms with Crippen LogP contribution in [0, 0.1) is 12.3 Å². The van der Waals surface area contributed by atoms with Gasteiger partial charge in [-0.3, -0.25) is 0 Å². The second-order valence-electron chi connectivity index (χ2n) is 5.01. The van der Waals surface area contributed by atoms with Crippen molar-refractivity contribution in [3.8, 4) is 23.8 Å². The molecule has 0 saturated carbocycles. The maximum absolute atomic E-state index is 5.66. The van der Waals surface area contributed by atoms with Crippen LogP contribution in [-0.4, -0.2) is 19.8 Å². The Hall–Kier alpha value is -1.66. The molecule has 1 heterocycles. The van der Waals surface area contributed by atoms with E-state index in [4.69, 9.17) is 15.9 Å². The van der Waals surface area contributed by atoms with E-state index in [-0.39, 0.29) is 0 Å². The predicted octanol–water partition coefficient (Wildman–Crippen LogP) is 3.30. The summed E-state index contributed by atoms with van der Waals surface area (Å²) in [5.74, 6) is 4.41. The molecule has 0 saturated heterocycles. The predicted molar refractivity (Wildman–Crippen MR) is 81.2 cm³/mol. The number of terminal acetylenes is 1. The average molecular weight is 273 g/mol. The Morgan fingerprint density at radius 2 is 2.10 bits per heavy atom. The molecule has 108 valence electrons. The molecule has 1 atom stereocenters. The summed E-state index contributed by atoms with van der Waals surface area (Å²) in [4.78, 5) is 0. The first-order valence-electron chi connectivity index (χ1n) is 7.41. The fraction of sp³-hybridized carbons (Fsp3) is 0.529. The summed E-state index contributed by atoms with van der Waals surface area (Å²) in [6.45, 7) is 4.44. The zero-order chi connectivity index (χ0) is 14.2. The first-order valence-corrected chi connectivity index (χ1v) is 7.41. The second kappa shape index (κ2) is 7.81. The Labute approximate surface area is 121 Å². The van der Waals surface area contributed by atoms with Crippen molar-refractivity contribution in [1.82, 2.24) is 5.32 Å². The smallest absolute Gasteiger partial charge is 0.161 e. The number of hydrogen-bond acceptors (Lipinski definition) is 3. The number of unbranched alkanes of at least 4 members (excludes halogenated alkanes) is 1. The normalized spacial score (nSPS) is 14.6. The minimum atomic E-state index is 0.333. The summed E-state index contributed by atoms with van der Waals surface area (Å²) in [5, 5.41) is 3.59. The summed E-state index contributed by atoms with van der Waals surface area (Å²) < 4.78 is 11.2. The second-order valence-corrected chi connectivity index (χ2v) is 5.01. The SMILES string of the molecule is C#CCCCC(NCCC)c1ccc2c(c1)OCCO2. The number of benzene rings is 1. The van der Waals surface area contributed by atoms with E-state index in [1.165, 1.54) is 5.56 Å². The highest BCUT2D eigenvalue weighted by Crippen LogP contribution is 2.33. The lowest BCUT2D eigenvalue weighted by molar-refractivity contribution is 0.171. The Morgan fingerprint density at radius 1 is 1.30 bits per heavy atom. The van der Waals surface area contributed by atoms with Gasteiger partial charge in [0.1, 0.15) is 13.2 Å². The van der Waals surface area contributed by atoms with E-state index in [9.17, 15) is 0 Å². The Bertz CT molecular complexity index is 465. The lowest BCUT2D eigenvalue weighted by Crippen LogP contribution is -2.23. The van der Waals surface area contributed by atoms with E-state index >= 15 is 0 Å². The third-order valence-corrected chi connectivity index (χ3v) is 3.42. The van der Waals surface area contributed by atoms with Gasteiger partial charge in [0.25, 0.3) is 0 Å². The zero-order valence-electron chi connectivity index (χ0n) is 12.2. The van der Waals surface area contributed by atoms with E-state index < -0.39 is 0 Å². The Balaban J connectivity index is 2.08. The molecular weight excluding hydrogens is 250 g/mol. The molecule has 0 aliphatic carbocycles. The molecular formula is C17H23NO2. The third-order valence-electron chi connectivity index (χ3n) is 3.42. The molecule has 0 amide bonds. The molecule has 1 N–H and O–H groups in total. The standard InChI is InChI=1S/C17H23NO2/c1-3-5-6-7-15(18-10-4-2)14-8-9-16-17(13-14)20-12-11-19-16/h1,8-9,13,15,18H,4-7,10-12H2,2H3. The maximum Gasteiger partial charge on any atom is 0.161 e. The van der Waals surface area contributed by atoms with Gasteiger partial charge in [0, 0.05) is 12.5 Å². The van der Waals surface area contributed by atoms with Crippen LogP contribution >= 0.6 is 0 Å². The molecule has 20 heavy (non-hydrogen) atoms. The van der Waals surface area contributed by atoms with Gasteiger partial charge in [-0.05, 0) is 43.5 Å². The van der Waals surface area contributed by atoms with Gasteiger partial charge in [-0.1, -0.05) is 13.0 Å². The van der Waals surface area contributed by atoms with Gasteiger partial charge in [-0.25, -0.2) is 0 Å². The lowest BCUT2D eigenvalue weighted by Gasteiger charge is -2.23. The van der Waals surface area contributed by atoms with Crippen LogP contribution in [-0.2, 0) is 0 Å². The van der Waals surface area contributed by atoms with Gasteiger partial charge in [0.15, 0.2) is 11.5 Å². The molecule has 1 aliphatic heterocycles. The Morgan fingerprint density at radius 3 is 2.85 bits per heavy atom. The maximum atomic E-state index is 5.66. The van der Waals surface area contributed by atoms with Crippen molar-refractivity contribution < 1.29 is 9.47 Å². The summed E-state index contributed by atoms with van der Waals surface area (Å²) >= 11 is 0. The number of hydrogen-bond donors (Lipinski definition) is 1. The first kappa shape index (κ1) is 14.7. The van der Waals surface area contributed by atoms with Crippen molar-refractivity contribution in [2.75, 3.05) is 19.8 Å². The molecule has 0 radical (unpaired) electrons. The molecule has 0 spiro atoms. The van der Waals surface area contributed by atoms with Crippen LogP contribution in [0.4, 0.5) is 0 Å². The Kier molecular flexibility index (Phi) is 5.76. The third kappa shape index (κ3) is 3.91. The van der Waals surface area contributed by atoms with E-state index in [0.29, 0.717) is 19.3 Å². The van der Waals surface area contributed by atoms with Crippen molar-refractivity contribution in [2.45, 2.75) is 38.6 Å². The summed E-state index contributed by atoms with van der Waals surface area (Å²) in [6, 6.07) is 6.55.